The number of hydrogen-bond donors (Lipinski definition) is 2. The molecule has 164 valence electrons. The molecule has 8 heteroatoms. The van der Waals surface area contributed by atoms with Gasteiger partial charge in [0.25, 0.3) is 5.91 Å². The van der Waals surface area contributed by atoms with E-state index in [1.54, 1.807) is 12.1 Å². The Bertz CT molecular complexity index is 1360. The van der Waals surface area contributed by atoms with Crippen molar-refractivity contribution >= 4 is 11.9 Å². The third-order valence-corrected chi connectivity index (χ3v) is 4.57. The van der Waals surface area contributed by atoms with Crippen LogP contribution < -0.4 is 5.73 Å². The molecule has 0 aliphatic rings. The number of nitrogens with zero attached hydrogens (tertiary/aromatic N) is 4. The molecule has 1 amide bonds. The first-order valence-electron chi connectivity index (χ1n) is 9.89. The van der Waals surface area contributed by atoms with Gasteiger partial charge in [-0.3, -0.25) is 4.79 Å². The van der Waals surface area contributed by atoms with Crippen molar-refractivity contribution in [3.05, 3.63) is 108 Å². The maximum Gasteiger partial charge on any atom is 0.354 e. The summed E-state index contributed by atoms with van der Waals surface area (Å²) in [7, 11) is 0. The lowest BCUT2D eigenvalue weighted by molar-refractivity contribution is 0.0690. The van der Waals surface area contributed by atoms with Gasteiger partial charge in [0.2, 0.25) is 0 Å². The lowest BCUT2D eigenvalue weighted by Crippen LogP contribution is -2.15. The summed E-state index contributed by atoms with van der Waals surface area (Å²) in [4.78, 5) is 29.6. The fourth-order valence-corrected chi connectivity index (χ4v) is 3.01. The minimum absolute atomic E-state index is 0.0613. The molecule has 2 heterocycles. The van der Waals surface area contributed by atoms with E-state index in [0.717, 1.165) is 16.7 Å². The third kappa shape index (κ3) is 5.88. The van der Waals surface area contributed by atoms with Crippen LogP contribution in [-0.2, 0) is 0 Å². The first kappa shape index (κ1) is 23.3. The first-order chi connectivity index (χ1) is 16.4. The molecule has 4 aromatic rings. The molecular weight excluding hydrogens is 430 g/mol. The molecule has 0 radical (unpaired) electrons. The number of carbonyl (C=O) groups excluding carboxylic acids is 1. The maximum absolute atomic E-state index is 11.1. The predicted molar refractivity (Wildman–Crippen MR) is 124 cm³/mol. The van der Waals surface area contributed by atoms with Gasteiger partial charge in [-0.05, 0) is 46.5 Å². The monoisotopic (exact) mass is 447 g/mol. The van der Waals surface area contributed by atoms with Gasteiger partial charge in [0.1, 0.15) is 34.9 Å². The van der Waals surface area contributed by atoms with E-state index >= 15 is 0 Å². The van der Waals surface area contributed by atoms with Crippen LogP contribution in [0.15, 0.2) is 84.9 Å². The van der Waals surface area contributed by atoms with Crippen LogP contribution in [-0.4, -0.2) is 27.0 Å². The highest BCUT2D eigenvalue weighted by Gasteiger charge is 2.12. The Kier molecular flexibility index (Phi) is 7.41. The second-order valence-corrected chi connectivity index (χ2v) is 6.88. The number of carbonyl (C=O) groups is 2. The molecule has 3 N–H and O–H groups in total. The SMILES string of the molecule is N#Cc1cc(-c2ccccc2)cc(C#N)n1.NC(=O)c1cc(-c2ccccc2)cc(C(=O)O)n1. The summed E-state index contributed by atoms with van der Waals surface area (Å²) in [6, 6.07) is 28.8. The summed E-state index contributed by atoms with van der Waals surface area (Å²) in [5, 5.41) is 26.6. The van der Waals surface area contributed by atoms with Gasteiger partial charge in [0, 0.05) is 0 Å². The van der Waals surface area contributed by atoms with Crippen molar-refractivity contribution in [2.24, 2.45) is 5.73 Å². The molecular formula is C26H17N5O3. The standard InChI is InChI=1S/C13H7N3.C13H10N2O3/c14-8-12-6-11(7-13(9-15)16-12)10-4-2-1-3-5-10;14-12(16)10-6-9(7-11(15-10)13(17)18)8-4-2-1-3-5-8/h1-7H;1-7H,(H2,14,16)(H,17,18). The highest BCUT2D eigenvalue weighted by atomic mass is 16.4. The van der Waals surface area contributed by atoms with E-state index < -0.39 is 11.9 Å². The lowest BCUT2D eigenvalue weighted by Gasteiger charge is -2.05. The highest BCUT2D eigenvalue weighted by Crippen LogP contribution is 2.21. The Morgan fingerprint density at radius 1 is 0.676 bits per heavy atom. The number of aromatic nitrogens is 2. The molecule has 0 spiro atoms. The third-order valence-electron chi connectivity index (χ3n) is 4.57. The Labute approximate surface area is 195 Å². The van der Waals surface area contributed by atoms with Crippen LogP contribution >= 0.6 is 0 Å². The number of nitrogens with two attached hydrogens (primary N) is 1. The van der Waals surface area contributed by atoms with E-state index in [2.05, 4.69) is 9.97 Å². The van der Waals surface area contributed by atoms with Crippen LogP contribution in [0.1, 0.15) is 32.4 Å². The summed E-state index contributed by atoms with van der Waals surface area (Å²) in [6.45, 7) is 0. The number of benzene rings is 2. The van der Waals surface area contributed by atoms with Crippen molar-refractivity contribution < 1.29 is 14.7 Å². The molecule has 0 unspecified atom stereocenters. The first-order valence-corrected chi connectivity index (χ1v) is 9.89. The van der Waals surface area contributed by atoms with Crippen molar-refractivity contribution in [2.75, 3.05) is 0 Å². The Balaban J connectivity index is 0.000000192. The summed E-state index contributed by atoms with van der Waals surface area (Å²) in [5.74, 6) is -1.95. The minimum Gasteiger partial charge on any atom is -0.477 e. The molecule has 2 aromatic carbocycles. The average Bonchev–Trinajstić information content (AvgIpc) is 2.89. The summed E-state index contributed by atoms with van der Waals surface area (Å²) < 4.78 is 0. The molecule has 4 rings (SSSR count). The van der Waals surface area contributed by atoms with E-state index in [9.17, 15) is 9.59 Å². The van der Waals surface area contributed by atoms with Crippen molar-refractivity contribution in [1.82, 2.24) is 9.97 Å². The molecule has 34 heavy (non-hydrogen) atoms. The van der Waals surface area contributed by atoms with E-state index in [0.29, 0.717) is 5.56 Å². The number of carboxylic acids is 1. The van der Waals surface area contributed by atoms with Gasteiger partial charge in [-0.15, -0.1) is 0 Å². The number of rotatable bonds is 4. The van der Waals surface area contributed by atoms with Crippen LogP contribution in [0.25, 0.3) is 22.3 Å². The molecule has 2 aromatic heterocycles. The van der Waals surface area contributed by atoms with Crippen molar-refractivity contribution in [2.45, 2.75) is 0 Å². The number of aromatic carboxylic acids is 1. The van der Waals surface area contributed by atoms with Gasteiger partial charge in [-0.2, -0.15) is 10.5 Å². The minimum atomic E-state index is -1.20. The Hall–Kier alpha value is -5.34. The van der Waals surface area contributed by atoms with Crippen LogP contribution in [0, 0.1) is 22.7 Å². The summed E-state index contributed by atoms with van der Waals surface area (Å²) in [5.41, 5.74) is 8.59. The van der Waals surface area contributed by atoms with Gasteiger partial charge in [0.05, 0.1) is 0 Å². The molecule has 0 bridgehead atoms. The molecule has 8 nitrogen and oxygen atoms in total. The number of carboxylic acid groups (broad SMARTS) is 1. The van der Waals surface area contributed by atoms with E-state index in [1.165, 1.54) is 12.1 Å². The van der Waals surface area contributed by atoms with Gasteiger partial charge < -0.3 is 10.8 Å². The summed E-state index contributed by atoms with van der Waals surface area (Å²) >= 11 is 0. The smallest absolute Gasteiger partial charge is 0.354 e. The highest BCUT2D eigenvalue weighted by molar-refractivity contribution is 5.95. The molecule has 0 aliphatic heterocycles. The van der Waals surface area contributed by atoms with E-state index in [-0.39, 0.29) is 22.8 Å². The molecule has 0 saturated heterocycles. The van der Waals surface area contributed by atoms with Crippen LogP contribution in [0.5, 0.6) is 0 Å². The second-order valence-electron chi connectivity index (χ2n) is 6.88. The lowest BCUT2D eigenvalue weighted by atomic mass is 10.0. The topological polar surface area (TPSA) is 154 Å². The zero-order valence-electron chi connectivity index (χ0n) is 17.7. The van der Waals surface area contributed by atoms with Crippen molar-refractivity contribution in [3.8, 4) is 34.4 Å². The van der Waals surface area contributed by atoms with Crippen molar-refractivity contribution in [1.29, 1.82) is 10.5 Å². The van der Waals surface area contributed by atoms with Gasteiger partial charge in [0.15, 0.2) is 0 Å². The van der Waals surface area contributed by atoms with Gasteiger partial charge >= 0.3 is 5.97 Å². The number of primary amides is 1. The van der Waals surface area contributed by atoms with E-state index in [1.807, 2.05) is 72.8 Å². The molecule has 0 fully saturated rings. The van der Waals surface area contributed by atoms with Gasteiger partial charge in [-0.1, -0.05) is 60.7 Å². The number of hydrogen-bond acceptors (Lipinski definition) is 6. The molecule has 0 saturated carbocycles. The second kappa shape index (κ2) is 10.8. The quantitative estimate of drug-likeness (QED) is 0.478. The fraction of sp³-hybridized carbons (Fsp3) is 0. The molecule has 0 aliphatic carbocycles. The fourth-order valence-electron chi connectivity index (χ4n) is 3.01. The van der Waals surface area contributed by atoms with Gasteiger partial charge in [-0.25, -0.2) is 14.8 Å². The van der Waals surface area contributed by atoms with Crippen molar-refractivity contribution in [3.63, 3.8) is 0 Å². The predicted octanol–water partition coefficient (Wildman–Crippen LogP) is 4.04. The maximum atomic E-state index is 11.1. The Morgan fingerprint density at radius 2 is 1.12 bits per heavy atom. The number of nitriles is 2. The zero-order chi connectivity index (χ0) is 24.5. The number of amides is 1. The Morgan fingerprint density at radius 3 is 1.53 bits per heavy atom. The van der Waals surface area contributed by atoms with Crippen LogP contribution in [0.4, 0.5) is 0 Å². The zero-order valence-corrected chi connectivity index (χ0v) is 17.7. The van der Waals surface area contributed by atoms with E-state index in [4.69, 9.17) is 21.4 Å². The average molecular weight is 447 g/mol. The van der Waals surface area contributed by atoms with Crippen LogP contribution in [0.3, 0.4) is 0 Å². The van der Waals surface area contributed by atoms with Crippen LogP contribution in [0.2, 0.25) is 0 Å². The largest absolute Gasteiger partial charge is 0.477 e. The summed E-state index contributed by atoms with van der Waals surface area (Å²) in [6.07, 6.45) is 0. The normalized spacial score (nSPS) is 9.59. The number of pyridine rings is 2. The molecule has 0 atom stereocenters.